The fourth-order valence-electron chi connectivity index (χ4n) is 2.56. The standard InChI is InChI=1S/C16H18N6O3/c1-3-25-15(23)13-10(2)17-16(24)18-12(13)9-22-20-14(19-21-22)11-7-5-4-6-8-11/h4-8,10H,3,9H2,1-2H3,(H2,17,18,24)/t10-/m1/s1. The summed E-state index contributed by atoms with van der Waals surface area (Å²) in [4.78, 5) is 25.3. The Balaban J connectivity index is 1.88. The molecule has 1 aliphatic heterocycles. The monoisotopic (exact) mass is 342 g/mol. The van der Waals surface area contributed by atoms with Gasteiger partial charge in [0.1, 0.15) is 6.54 Å². The molecule has 25 heavy (non-hydrogen) atoms. The van der Waals surface area contributed by atoms with Crippen LogP contribution in [0.25, 0.3) is 11.4 Å². The predicted molar refractivity (Wildman–Crippen MR) is 88.0 cm³/mol. The fourth-order valence-corrected chi connectivity index (χ4v) is 2.56. The first-order chi connectivity index (χ1) is 12.1. The minimum atomic E-state index is -0.485. The lowest BCUT2D eigenvalue weighted by Crippen LogP contribution is -2.50. The van der Waals surface area contributed by atoms with Gasteiger partial charge in [0, 0.05) is 5.56 Å². The number of carbonyl (C=O) groups is 2. The molecular weight excluding hydrogens is 324 g/mol. The number of rotatable bonds is 5. The predicted octanol–water partition coefficient (Wildman–Crippen LogP) is 0.859. The Hall–Kier alpha value is -3.23. The molecular formula is C16H18N6O3. The Morgan fingerprint density at radius 1 is 1.32 bits per heavy atom. The largest absolute Gasteiger partial charge is 0.463 e. The summed E-state index contributed by atoms with van der Waals surface area (Å²) < 4.78 is 5.08. The number of hydrogen-bond donors (Lipinski definition) is 2. The van der Waals surface area contributed by atoms with Crippen LogP contribution in [0.2, 0.25) is 0 Å². The molecule has 9 heteroatoms. The smallest absolute Gasteiger partial charge is 0.337 e. The number of aromatic nitrogens is 4. The molecule has 0 spiro atoms. The lowest BCUT2D eigenvalue weighted by Gasteiger charge is -2.26. The minimum absolute atomic E-state index is 0.103. The number of benzene rings is 1. The van der Waals surface area contributed by atoms with Gasteiger partial charge >= 0.3 is 12.0 Å². The van der Waals surface area contributed by atoms with Gasteiger partial charge in [-0.15, -0.1) is 10.2 Å². The van der Waals surface area contributed by atoms with Crippen molar-refractivity contribution in [1.82, 2.24) is 30.8 Å². The average molecular weight is 342 g/mol. The Labute approximate surface area is 144 Å². The Kier molecular flexibility index (Phi) is 4.73. The number of urea groups is 1. The van der Waals surface area contributed by atoms with Crippen LogP contribution in [0.5, 0.6) is 0 Å². The van der Waals surface area contributed by atoms with Crippen molar-refractivity contribution >= 4 is 12.0 Å². The third kappa shape index (κ3) is 3.65. The van der Waals surface area contributed by atoms with Crippen molar-refractivity contribution in [3.05, 3.63) is 41.6 Å². The fraction of sp³-hybridized carbons (Fsp3) is 0.312. The van der Waals surface area contributed by atoms with Crippen LogP contribution in [0.4, 0.5) is 4.79 Å². The number of nitrogens with one attached hydrogen (secondary N) is 2. The summed E-state index contributed by atoms with van der Waals surface area (Å²) in [5.41, 5.74) is 1.57. The molecule has 1 aliphatic rings. The zero-order chi connectivity index (χ0) is 17.8. The zero-order valence-corrected chi connectivity index (χ0v) is 13.9. The van der Waals surface area contributed by atoms with Crippen LogP contribution in [0.15, 0.2) is 41.6 Å². The van der Waals surface area contributed by atoms with Crippen LogP contribution in [0, 0.1) is 0 Å². The summed E-state index contributed by atoms with van der Waals surface area (Å²) in [6.45, 7) is 3.79. The number of hydrogen-bond acceptors (Lipinski definition) is 6. The first-order valence-electron chi connectivity index (χ1n) is 7.89. The number of esters is 1. The van der Waals surface area contributed by atoms with E-state index >= 15 is 0 Å². The van der Waals surface area contributed by atoms with Crippen molar-refractivity contribution < 1.29 is 14.3 Å². The number of tetrazole rings is 1. The van der Waals surface area contributed by atoms with Gasteiger partial charge in [-0.3, -0.25) is 0 Å². The summed E-state index contributed by atoms with van der Waals surface area (Å²) in [5.74, 6) is -0.0203. The van der Waals surface area contributed by atoms with E-state index in [2.05, 4.69) is 26.0 Å². The van der Waals surface area contributed by atoms with E-state index in [1.54, 1.807) is 13.8 Å². The Bertz CT molecular complexity index is 814. The highest BCUT2D eigenvalue weighted by atomic mass is 16.5. The lowest BCUT2D eigenvalue weighted by atomic mass is 10.0. The molecule has 0 fully saturated rings. The summed E-state index contributed by atoms with van der Waals surface area (Å²) in [6, 6.07) is 8.55. The molecule has 0 bridgehead atoms. The van der Waals surface area contributed by atoms with Gasteiger partial charge in [-0.25, -0.2) is 9.59 Å². The van der Waals surface area contributed by atoms with E-state index in [9.17, 15) is 9.59 Å². The molecule has 2 N–H and O–H groups in total. The minimum Gasteiger partial charge on any atom is -0.463 e. The van der Waals surface area contributed by atoms with Gasteiger partial charge in [0.05, 0.1) is 23.9 Å². The molecule has 2 amide bonds. The molecule has 3 rings (SSSR count). The SMILES string of the molecule is CCOC(=O)C1=C(Cn2nnc(-c3ccccc3)n2)NC(=O)N[C@@H]1C. The quantitative estimate of drug-likeness (QED) is 0.780. The molecule has 2 aromatic rings. The molecule has 1 aromatic carbocycles. The maximum absolute atomic E-state index is 12.2. The van der Waals surface area contributed by atoms with Crippen LogP contribution in [0.1, 0.15) is 13.8 Å². The maximum atomic E-state index is 12.2. The number of carbonyl (C=O) groups excluding carboxylic acids is 2. The highest BCUT2D eigenvalue weighted by Crippen LogP contribution is 2.16. The van der Waals surface area contributed by atoms with E-state index in [0.29, 0.717) is 17.1 Å². The Morgan fingerprint density at radius 2 is 2.08 bits per heavy atom. The second-order valence-electron chi connectivity index (χ2n) is 5.44. The summed E-state index contributed by atoms with van der Waals surface area (Å²) in [5, 5.41) is 17.6. The summed E-state index contributed by atoms with van der Waals surface area (Å²) in [7, 11) is 0. The molecule has 1 atom stereocenters. The maximum Gasteiger partial charge on any atom is 0.337 e. The van der Waals surface area contributed by atoms with Crippen molar-refractivity contribution in [2.45, 2.75) is 26.4 Å². The van der Waals surface area contributed by atoms with Crippen LogP contribution < -0.4 is 10.6 Å². The summed E-state index contributed by atoms with van der Waals surface area (Å²) >= 11 is 0. The normalized spacial score (nSPS) is 17.0. The molecule has 0 saturated carbocycles. The van der Waals surface area contributed by atoms with Crippen LogP contribution in [0.3, 0.4) is 0 Å². The van der Waals surface area contributed by atoms with E-state index in [4.69, 9.17) is 4.74 Å². The van der Waals surface area contributed by atoms with Crippen molar-refractivity contribution in [1.29, 1.82) is 0 Å². The molecule has 130 valence electrons. The number of ether oxygens (including phenoxy) is 1. The van der Waals surface area contributed by atoms with Crippen molar-refractivity contribution in [3.63, 3.8) is 0 Å². The van der Waals surface area contributed by atoms with E-state index in [0.717, 1.165) is 5.56 Å². The molecule has 0 aliphatic carbocycles. The molecule has 1 aromatic heterocycles. The third-order valence-corrected chi connectivity index (χ3v) is 3.65. The highest BCUT2D eigenvalue weighted by molar-refractivity contribution is 5.94. The number of nitrogens with zero attached hydrogens (tertiary/aromatic N) is 4. The van der Waals surface area contributed by atoms with Gasteiger partial charge in [-0.2, -0.15) is 4.80 Å². The highest BCUT2D eigenvalue weighted by Gasteiger charge is 2.30. The van der Waals surface area contributed by atoms with Crippen LogP contribution in [-0.2, 0) is 16.1 Å². The molecule has 2 heterocycles. The van der Waals surface area contributed by atoms with Crippen molar-refractivity contribution in [2.75, 3.05) is 6.61 Å². The number of allylic oxidation sites excluding steroid dienone is 1. The molecule has 9 nitrogen and oxygen atoms in total. The van der Waals surface area contributed by atoms with Crippen LogP contribution in [-0.4, -0.2) is 44.9 Å². The molecule has 0 saturated heterocycles. The second-order valence-corrected chi connectivity index (χ2v) is 5.44. The van der Waals surface area contributed by atoms with E-state index in [-0.39, 0.29) is 19.2 Å². The first kappa shape index (κ1) is 16.6. The van der Waals surface area contributed by atoms with Gasteiger partial charge < -0.3 is 15.4 Å². The molecule has 0 unspecified atom stereocenters. The second kappa shape index (κ2) is 7.12. The Morgan fingerprint density at radius 3 is 2.80 bits per heavy atom. The van der Waals surface area contributed by atoms with Gasteiger partial charge in [0.15, 0.2) is 0 Å². The van der Waals surface area contributed by atoms with Gasteiger partial charge in [-0.05, 0) is 19.1 Å². The van der Waals surface area contributed by atoms with Gasteiger partial charge in [0.25, 0.3) is 0 Å². The van der Waals surface area contributed by atoms with Gasteiger partial charge in [0.2, 0.25) is 5.82 Å². The van der Waals surface area contributed by atoms with Crippen molar-refractivity contribution in [2.24, 2.45) is 0 Å². The van der Waals surface area contributed by atoms with E-state index in [1.807, 2.05) is 30.3 Å². The number of amides is 2. The van der Waals surface area contributed by atoms with Gasteiger partial charge in [-0.1, -0.05) is 30.3 Å². The van der Waals surface area contributed by atoms with Crippen LogP contribution >= 0.6 is 0 Å². The lowest BCUT2D eigenvalue weighted by molar-refractivity contribution is -0.139. The molecule has 0 radical (unpaired) electrons. The topological polar surface area (TPSA) is 111 Å². The zero-order valence-electron chi connectivity index (χ0n) is 13.9. The first-order valence-corrected chi connectivity index (χ1v) is 7.89. The van der Waals surface area contributed by atoms with E-state index in [1.165, 1.54) is 4.80 Å². The van der Waals surface area contributed by atoms with E-state index < -0.39 is 12.0 Å². The summed E-state index contributed by atoms with van der Waals surface area (Å²) in [6.07, 6.45) is 0. The third-order valence-electron chi connectivity index (χ3n) is 3.65. The van der Waals surface area contributed by atoms with Crippen molar-refractivity contribution in [3.8, 4) is 11.4 Å². The average Bonchev–Trinajstić information content (AvgIpc) is 3.04.